The molecular formula is C20H28N4O2. The number of hydrogen-bond acceptors (Lipinski definition) is 4. The first-order valence-corrected chi connectivity index (χ1v) is 9.45. The lowest BCUT2D eigenvalue weighted by Gasteiger charge is -2.33. The number of hydrazone groups is 1. The van der Waals surface area contributed by atoms with Crippen LogP contribution >= 0.6 is 0 Å². The summed E-state index contributed by atoms with van der Waals surface area (Å²) in [7, 11) is 0. The van der Waals surface area contributed by atoms with Gasteiger partial charge in [0.25, 0.3) is 5.91 Å². The van der Waals surface area contributed by atoms with E-state index in [0.29, 0.717) is 12.1 Å². The minimum atomic E-state index is -0.0366. The van der Waals surface area contributed by atoms with E-state index in [1.54, 1.807) is 0 Å². The highest BCUT2D eigenvalue weighted by Crippen LogP contribution is 2.21. The van der Waals surface area contributed by atoms with Crippen molar-refractivity contribution in [2.24, 2.45) is 11.0 Å². The van der Waals surface area contributed by atoms with Crippen LogP contribution in [0.5, 0.6) is 0 Å². The molecule has 1 aromatic carbocycles. The summed E-state index contributed by atoms with van der Waals surface area (Å²) in [5.74, 6) is 0.0433. The lowest BCUT2D eigenvalue weighted by atomic mass is 10.0. The van der Waals surface area contributed by atoms with Crippen molar-refractivity contribution >= 4 is 23.2 Å². The maximum atomic E-state index is 12.8. The lowest BCUT2D eigenvalue weighted by Crippen LogP contribution is -2.50. The molecule has 6 nitrogen and oxygen atoms in total. The Morgan fingerprint density at radius 1 is 1.19 bits per heavy atom. The van der Waals surface area contributed by atoms with Crippen LogP contribution in [0, 0.1) is 5.92 Å². The van der Waals surface area contributed by atoms with Gasteiger partial charge in [0.2, 0.25) is 5.91 Å². The van der Waals surface area contributed by atoms with Crippen molar-refractivity contribution in [3.8, 4) is 0 Å². The number of hydrogen-bond donors (Lipinski definition) is 1. The van der Waals surface area contributed by atoms with Gasteiger partial charge in [-0.3, -0.25) is 14.6 Å². The van der Waals surface area contributed by atoms with Crippen LogP contribution in [-0.4, -0.2) is 48.1 Å². The number of carbonyl (C=O) groups is 2. The minimum Gasteiger partial charge on any atom is -0.351 e. The number of nitrogens with one attached hydrogen (secondary N) is 1. The normalized spacial score (nSPS) is 20.3. The van der Waals surface area contributed by atoms with Crippen molar-refractivity contribution in [3.05, 3.63) is 29.8 Å². The average molecular weight is 356 g/mol. The second-order valence-corrected chi connectivity index (χ2v) is 7.51. The number of carbonyl (C=O) groups excluding carboxylic acids is 2. The fraction of sp³-hybridized carbons (Fsp3) is 0.550. The van der Waals surface area contributed by atoms with Gasteiger partial charge in [-0.05, 0) is 44.0 Å². The Bertz CT molecular complexity index is 696. The molecule has 140 valence electrons. The smallest absolute Gasteiger partial charge is 0.253 e. The van der Waals surface area contributed by atoms with Gasteiger partial charge in [-0.25, -0.2) is 0 Å². The number of anilines is 1. The summed E-state index contributed by atoms with van der Waals surface area (Å²) in [4.78, 5) is 26.6. The predicted octanol–water partition coefficient (Wildman–Crippen LogP) is 2.65. The van der Waals surface area contributed by atoms with E-state index in [0.717, 1.165) is 43.8 Å². The molecule has 1 N–H and O–H groups in total. The Morgan fingerprint density at radius 2 is 1.92 bits per heavy atom. The lowest BCUT2D eigenvalue weighted by molar-refractivity contribution is -0.125. The quantitative estimate of drug-likeness (QED) is 0.902. The molecule has 0 saturated carbocycles. The van der Waals surface area contributed by atoms with E-state index in [1.165, 1.54) is 0 Å². The largest absolute Gasteiger partial charge is 0.351 e. The topological polar surface area (TPSA) is 65.0 Å². The predicted molar refractivity (Wildman–Crippen MR) is 103 cm³/mol. The Morgan fingerprint density at radius 3 is 2.54 bits per heavy atom. The molecule has 2 heterocycles. The third-order valence-electron chi connectivity index (χ3n) is 4.97. The molecule has 1 atom stereocenters. The zero-order valence-electron chi connectivity index (χ0n) is 15.9. The maximum absolute atomic E-state index is 12.8. The summed E-state index contributed by atoms with van der Waals surface area (Å²) in [6.45, 7) is 8.01. The van der Waals surface area contributed by atoms with Crippen LogP contribution < -0.4 is 10.3 Å². The number of rotatable bonds is 4. The first-order valence-electron chi connectivity index (χ1n) is 9.45. The molecule has 1 saturated heterocycles. The van der Waals surface area contributed by atoms with E-state index in [2.05, 4.69) is 10.4 Å². The van der Waals surface area contributed by atoms with E-state index >= 15 is 0 Å². The first-order chi connectivity index (χ1) is 12.4. The Kier molecular flexibility index (Phi) is 5.59. The third-order valence-corrected chi connectivity index (χ3v) is 4.97. The SMILES string of the molecule is CC1=NN(c2ccc(C(=O)N3CCC[C@@H](NC(=O)C(C)C)C3)cc2)CC1. The van der Waals surface area contributed by atoms with E-state index < -0.39 is 0 Å². The molecule has 2 aliphatic rings. The third kappa shape index (κ3) is 4.23. The van der Waals surface area contributed by atoms with Gasteiger partial charge in [0.15, 0.2) is 0 Å². The standard InChI is InChI=1S/C20H28N4O2/c1-14(2)19(25)21-17-5-4-11-23(13-17)20(26)16-6-8-18(9-7-16)24-12-10-15(3)22-24/h6-9,14,17H,4-5,10-13H2,1-3H3,(H,21,25)/t17-/m1/s1. The fourth-order valence-electron chi connectivity index (χ4n) is 3.37. The van der Waals surface area contributed by atoms with Crippen LogP contribution in [0.3, 0.4) is 0 Å². The number of amides is 2. The van der Waals surface area contributed by atoms with Gasteiger partial charge in [0, 0.05) is 49.3 Å². The van der Waals surface area contributed by atoms with E-state index in [4.69, 9.17) is 0 Å². The zero-order chi connectivity index (χ0) is 18.7. The molecule has 0 bridgehead atoms. The summed E-state index contributed by atoms with van der Waals surface area (Å²) in [6, 6.07) is 7.70. The molecule has 0 radical (unpaired) electrons. The van der Waals surface area contributed by atoms with Gasteiger partial charge in [-0.2, -0.15) is 5.10 Å². The fourth-order valence-corrected chi connectivity index (χ4v) is 3.37. The minimum absolute atomic E-state index is 0.0288. The second-order valence-electron chi connectivity index (χ2n) is 7.51. The maximum Gasteiger partial charge on any atom is 0.253 e. The molecule has 0 aromatic heterocycles. The average Bonchev–Trinajstić information content (AvgIpc) is 3.08. The van der Waals surface area contributed by atoms with Crippen molar-refractivity contribution < 1.29 is 9.59 Å². The van der Waals surface area contributed by atoms with Crippen molar-refractivity contribution in [2.45, 2.75) is 46.1 Å². The van der Waals surface area contributed by atoms with Gasteiger partial charge < -0.3 is 10.2 Å². The molecule has 2 amide bonds. The molecule has 3 rings (SSSR count). The van der Waals surface area contributed by atoms with Gasteiger partial charge >= 0.3 is 0 Å². The highest BCUT2D eigenvalue weighted by Gasteiger charge is 2.26. The highest BCUT2D eigenvalue weighted by molar-refractivity contribution is 5.95. The number of nitrogens with zero attached hydrogens (tertiary/aromatic N) is 3. The van der Waals surface area contributed by atoms with Gasteiger partial charge in [0.05, 0.1) is 5.69 Å². The molecule has 2 aliphatic heterocycles. The van der Waals surface area contributed by atoms with Crippen molar-refractivity contribution in [1.29, 1.82) is 0 Å². The summed E-state index contributed by atoms with van der Waals surface area (Å²) in [5.41, 5.74) is 2.83. The summed E-state index contributed by atoms with van der Waals surface area (Å²) < 4.78 is 0. The van der Waals surface area contributed by atoms with E-state index in [9.17, 15) is 9.59 Å². The van der Waals surface area contributed by atoms with Crippen LogP contribution in [0.2, 0.25) is 0 Å². The van der Waals surface area contributed by atoms with Crippen LogP contribution in [0.4, 0.5) is 5.69 Å². The van der Waals surface area contributed by atoms with Crippen LogP contribution in [0.25, 0.3) is 0 Å². The van der Waals surface area contributed by atoms with Crippen molar-refractivity contribution in [3.63, 3.8) is 0 Å². The molecule has 0 spiro atoms. The first kappa shape index (κ1) is 18.4. The summed E-state index contributed by atoms with van der Waals surface area (Å²) in [6.07, 6.45) is 2.82. The molecule has 0 aliphatic carbocycles. The summed E-state index contributed by atoms with van der Waals surface area (Å²) in [5, 5.41) is 9.51. The Balaban J connectivity index is 1.62. The molecular weight excluding hydrogens is 328 g/mol. The van der Waals surface area contributed by atoms with Crippen molar-refractivity contribution in [1.82, 2.24) is 10.2 Å². The number of piperidine rings is 1. The molecule has 26 heavy (non-hydrogen) atoms. The van der Waals surface area contributed by atoms with Crippen LogP contribution in [0.1, 0.15) is 50.4 Å². The molecule has 0 unspecified atom stereocenters. The molecule has 1 aromatic rings. The molecule has 1 fully saturated rings. The monoisotopic (exact) mass is 356 g/mol. The van der Waals surface area contributed by atoms with Gasteiger partial charge in [-0.15, -0.1) is 0 Å². The van der Waals surface area contributed by atoms with E-state index in [-0.39, 0.29) is 23.8 Å². The summed E-state index contributed by atoms with van der Waals surface area (Å²) >= 11 is 0. The second kappa shape index (κ2) is 7.89. The Labute approximate surface area is 155 Å². The highest BCUT2D eigenvalue weighted by atomic mass is 16.2. The van der Waals surface area contributed by atoms with Crippen LogP contribution in [0.15, 0.2) is 29.4 Å². The number of benzene rings is 1. The Hall–Kier alpha value is -2.37. The zero-order valence-corrected chi connectivity index (χ0v) is 15.9. The van der Waals surface area contributed by atoms with Gasteiger partial charge in [-0.1, -0.05) is 13.8 Å². The van der Waals surface area contributed by atoms with Crippen molar-refractivity contribution in [2.75, 3.05) is 24.6 Å². The van der Waals surface area contributed by atoms with E-state index in [1.807, 2.05) is 54.9 Å². The molecule has 6 heteroatoms. The van der Waals surface area contributed by atoms with Gasteiger partial charge in [0.1, 0.15) is 0 Å². The van der Waals surface area contributed by atoms with Crippen LogP contribution in [-0.2, 0) is 4.79 Å². The number of likely N-dealkylation sites (tertiary alicyclic amines) is 1.